The normalized spacial score (nSPS) is 19.7. The maximum atomic E-state index is 13.3. The third-order valence-electron chi connectivity index (χ3n) is 6.87. The first-order valence-electron chi connectivity index (χ1n) is 11.3. The Morgan fingerprint density at radius 1 is 0.969 bits per heavy atom. The quantitative estimate of drug-likeness (QED) is 0.689. The number of piperidine rings is 2. The average molecular weight is 465 g/mol. The van der Waals surface area contributed by atoms with Gasteiger partial charge in [0.1, 0.15) is 0 Å². The molecule has 0 bridgehead atoms. The molecule has 1 aromatic carbocycles. The third kappa shape index (κ3) is 3.94. The Balaban J connectivity index is 1.53. The van der Waals surface area contributed by atoms with E-state index in [2.05, 4.69) is 4.90 Å². The Labute approximate surface area is 188 Å². The highest BCUT2D eigenvalue weighted by atomic mass is 32.2. The van der Waals surface area contributed by atoms with Crippen molar-refractivity contribution < 1.29 is 17.9 Å². The van der Waals surface area contributed by atoms with Crippen molar-refractivity contribution >= 4 is 27.1 Å². The highest BCUT2D eigenvalue weighted by Gasteiger charge is 2.33. The highest BCUT2D eigenvalue weighted by molar-refractivity contribution is 7.90. The van der Waals surface area contributed by atoms with E-state index in [9.17, 15) is 18.0 Å². The molecule has 0 radical (unpaired) electrons. The van der Waals surface area contributed by atoms with Crippen LogP contribution >= 0.6 is 0 Å². The fourth-order valence-electron chi connectivity index (χ4n) is 5.01. The Bertz CT molecular complexity index is 1140. The average Bonchev–Trinajstić information content (AvgIpc) is 3.11. The Hall–Kier alpha value is -2.33. The summed E-state index contributed by atoms with van der Waals surface area (Å²) in [6, 6.07) is 7.52. The molecular weight excluding hydrogens is 432 g/mol. The van der Waals surface area contributed by atoms with Gasteiger partial charge in [0.2, 0.25) is 10.0 Å². The summed E-state index contributed by atoms with van der Waals surface area (Å²) in [7, 11) is -2.36. The molecule has 1 amide bonds. The van der Waals surface area contributed by atoms with Gasteiger partial charge < -0.3 is 14.5 Å². The molecule has 4 rings (SSSR count). The zero-order valence-corrected chi connectivity index (χ0v) is 19.8. The summed E-state index contributed by atoms with van der Waals surface area (Å²) in [5.74, 6) is 0. The SMILES string of the molecule is COC(=O)N1CCC(N2CCC(n3c(=O)n(S(=O)(=O)C(C)C)c4ccccc43)CC2)CC1. The van der Waals surface area contributed by atoms with Crippen molar-refractivity contribution in [1.29, 1.82) is 0 Å². The zero-order chi connectivity index (χ0) is 23.0. The number of rotatable bonds is 4. The molecule has 2 fully saturated rings. The smallest absolute Gasteiger partial charge is 0.409 e. The number of methoxy groups -OCH3 is 1. The summed E-state index contributed by atoms with van der Waals surface area (Å²) in [6.07, 6.45) is 3.12. The number of imidazole rings is 1. The minimum atomic E-state index is -3.76. The van der Waals surface area contributed by atoms with Gasteiger partial charge in [-0.15, -0.1) is 0 Å². The van der Waals surface area contributed by atoms with Gasteiger partial charge >= 0.3 is 11.8 Å². The lowest BCUT2D eigenvalue weighted by atomic mass is 9.97. The van der Waals surface area contributed by atoms with Gasteiger partial charge in [-0.05, 0) is 51.7 Å². The fourth-order valence-corrected chi connectivity index (χ4v) is 6.16. The second-order valence-corrected chi connectivity index (χ2v) is 11.3. The Kier molecular flexibility index (Phi) is 6.35. The van der Waals surface area contributed by atoms with Crippen LogP contribution in [0.25, 0.3) is 11.0 Å². The van der Waals surface area contributed by atoms with Crippen LogP contribution in [0.5, 0.6) is 0 Å². The van der Waals surface area contributed by atoms with E-state index in [0.717, 1.165) is 42.7 Å². The van der Waals surface area contributed by atoms with E-state index in [1.165, 1.54) is 7.11 Å². The monoisotopic (exact) mass is 464 g/mol. The summed E-state index contributed by atoms with van der Waals surface area (Å²) >= 11 is 0. The highest BCUT2D eigenvalue weighted by Crippen LogP contribution is 2.29. The number of aromatic nitrogens is 2. The molecule has 0 spiro atoms. The standard InChI is InChI=1S/C22H32N4O5S/c1-16(2)32(29,30)26-20-7-5-4-6-19(20)25(21(26)27)18-10-12-23(13-11-18)17-8-14-24(15-9-17)22(28)31-3/h4-7,16-18H,8-15H2,1-3H3. The predicted octanol–water partition coefficient (Wildman–Crippen LogP) is 2.26. The summed E-state index contributed by atoms with van der Waals surface area (Å²) in [5, 5.41) is -0.683. The van der Waals surface area contributed by atoms with Crippen LogP contribution in [0.1, 0.15) is 45.6 Å². The Morgan fingerprint density at radius 3 is 2.09 bits per heavy atom. The van der Waals surface area contributed by atoms with E-state index in [0.29, 0.717) is 30.2 Å². The number of hydrogen-bond acceptors (Lipinski definition) is 6. The number of likely N-dealkylation sites (tertiary alicyclic amines) is 2. The topological polar surface area (TPSA) is 93.8 Å². The van der Waals surface area contributed by atoms with E-state index in [1.807, 2.05) is 12.1 Å². The van der Waals surface area contributed by atoms with Crippen LogP contribution < -0.4 is 5.69 Å². The first kappa shape index (κ1) is 22.8. The van der Waals surface area contributed by atoms with Crippen LogP contribution in [0.15, 0.2) is 29.1 Å². The molecule has 2 aromatic rings. The minimum Gasteiger partial charge on any atom is -0.453 e. The number of hydrogen-bond donors (Lipinski definition) is 0. The van der Waals surface area contributed by atoms with Gasteiger partial charge in [-0.2, -0.15) is 3.97 Å². The molecule has 1 aromatic heterocycles. The van der Waals surface area contributed by atoms with E-state index in [4.69, 9.17) is 4.74 Å². The molecule has 0 saturated carbocycles. The van der Waals surface area contributed by atoms with Crippen molar-refractivity contribution in [2.24, 2.45) is 0 Å². The van der Waals surface area contributed by atoms with Crippen molar-refractivity contribution in [2.75, 3.05) is 33.3 Å². The Morgan fingerprint density at radius 2 is 1.53 bits per heavy atom. The molecule has 176 valence electrons. The molecule has 0 atom stereocenters. The number of nitrogens with zero attached hydrogens (tertiary/aromatic N) is 4. The van der Waals surface area contributed by atoms with Gasteiger partial charge in [-0.3, -0.25) is 4.57 Å². The molecule has 2 aliphatic heterocycles. The van der Waals surface area contributed by atoms with Crippen molar-refractivity contribution in [1.82, 2.24) is 18.3 Å². The van der Waals surface area contributed by atoms with Crippen LogP contribution in [0.3, 0.4) is 0 Å². The number of amides is 1. The summed E-state index contributed by atoms with van der Waals surface area (Å²) in [4.78, 5) is 29.2. The number of ether oxygens (including phenoxy) is 1. The van der Waals surface area contributed by atoms with Crippen LogP contribution in [0.2, 0.25) is 0 Å². The second-order valence-electron chi connectivity index (χ2n) is 8.95. The van der Waals surface area contributed by atoms with E-state index in [1.54, 1.807) is 35.4 Å². The number of benzene rings is 1. The maximum absolute atomic E-state index is 13.3. The van der Waals surface area contributed by atoms with Gasteiger partial charge in [0, 0.05) is 38.3 Å². The van der Waals surface area contributed by atoms with Gasteiger partial charge in [0.05, 0.1) is 23.4 Å². The van der Waals surface area contributed by atoms with Crippen molar-refractivity contribution in [3.05, 3.63) is 34.7 Å². The number of carbonyl (C=O) groups is 1. The first-order chi connectivity index (χ1) is 15.3. The fraction of sp³-hybridized carbons (Fsp3) is 0.636. The summed E-state index contributed by atoms with van der Waals surface area (Å²) in [5.41, 5.74) is 0.653. The predicted molar refractivity (Wildman–Crippen MR) is 122 cm³/mol. The largest absolute Gasteiger partial charge is 0.453 e. The van der Waals surface area contributed by atoms with Gasteiger partial charge in [-0.1, -0.05) is 12.1 Å². The molecule has 0 N–H and O–H groups in total. The summed E-state index contributed by atoms with van der Waals surface area (Å²) < 4.78 is 33.3. The molecule has 0 unspecified atom stereocenters. The first-order valence-corrected chi connectivity index (χ1v) is 12.8. The van der Waals surface area contributed by atoms with E-state index in [-0.39, 0.29) is 12.1 Å². The summed E-state index contributed by atoms with van der Waals surface area (Å²) in [6.45, 7) is 6.26. The molecule has 2 aliphatic rings. The lowest BCUT2D eigenvalue weighted by Gasteiger charge is -2.41. The van der Waals surface area contributed by atoms with Gasteiger partial charge in [-0.25, -0.2) is 18.0 Å². The zero-order valence-electron chi connectivity index (χ0n) is 18.9. The molecule has 3 heterocycles. The van der Waals surface area contributed by atoms with Crippen molar-refractivity contribution in [2.45, 2.75) is 56.9 Å². The van der Waals surface area contributed by atoms with Crippen LogP contribution in [0, 0.1) is 0 Å². The van der Waals surface area contributed by atoms with Crippen LogP contribution in [-0.2, 0) is 14.8 Å². The van der Waals surface area contributed by atoms with Gasteiger partial charge in [0.25, 0.3) is 0 Å². The lowest BCUT2D eigenvalue weighted by Crippen LogP contribution is -2.49. The number of carbonyl (C=O) groups excluding carboxylic acids is 1. The van der Waals surface area contributed by atoms with Crippen LogP contribution in [-0.4, -0.2) is 77.4 Å². The van der Waals surface area contributed by atoms with E-state index >= 15 is 0 Å². The molecule has 32 heavy (non-hydrogen) atoms. The molecule has 10 heteroatoms. The van der Waals surface area contributed by atoms with E-state index < -0.39 is 21.0 Å². The molecule has 9 nitrogen and oxygen atoms in total. The molecule has 2 saturated heterocycles. The second kappa shape index (κ2) is 8.90. The van der Waals surface area contributed by atoms with Crippen molar-refractivity contribution in [3.63, 3.8) is 0 Å². The minimum absolute atomic E-state index is 0.0394. The van der Waals surface area contributed by atoms with Crippen molar-refractivity contribution in [3.8, 4) is 0 Å². The molecule has 0 aliphatic carbocycles. The van der Waals surface area contributed by atoms with Crippen LogP contribution in [0.4, 0.5) is 4.79 Å². The maximum Gasteiger partial charge on any atom is 0.409 e. The van der Waals surface area contributed by atoms with Gasteiger partial charge in [0.15, 0.2) is 0 Å². The lowest BCUT2D eigenvalue weighted by molar-refractivity contribution is 0.0686. The number of para-hydroxylation sites is 2. The third-order valence-corrected chi connectivity index (χ3v) is 8.92. The number of fused-ring (bicyclic) bond motifs is 1. The molecular formula is C22H32N4O5S.